The Balaban J connectivity index is 1.10. The van der Waals surface area contributed by atoms with E-state index in [9.17, 15) is 30.3 Å². The van der Waals surface area contributed by atoms with E-state index in [1.54, 1.807) is 24.4 Å². The molecule has 72 heavy (non-hydrogen) atoms. The van der Waals surface area contributed by atoms with Crippen LogP contribution >= 0.6 is 31.9 Å². The number of fused-ring (bicyclic) bond motifs is 2. The predicted octanol–water partition coefficient (Wildman–Crippen LogP) is 8.77. The highest BCUT2D eigenvalue weighted by molar-refractivity contribution is 9.10. The molecule has 5 aromatic rings. The maximum Gasteiger partial charge on any atom is 0.306 e. The Kier molecular flexibility index (Phi) is 18.6. The zero-order valence-corrected chi connectivity index (χ0v) is 42.1. The summed E-state index contributed by atoms with van der Waals surface area (Å²) in [7, 11) is 0. The van der Waals surface area contributed by atoms with E-state index in [2.05, 4.69) is 84.2 Å². The Morgan fingerprint density at radius 1 is 0.847 bits per heavy atom. The van der Waals surface area contributed by atoms with Crippen LogP contribution in [-0.2, 0) is 42.0 Å². The molecule has 5 N–H and O–H groups in total. The van der Waals surface area contributed by atoms with Gasteiger partial charge in [-0.2, -0.15) is 20.5 Å². The Morgan fingerprint density at radius 2 is 1.46 bits per heavy atom. The van der Waals surface area contributed by atoms with Gasteiger partial charge >= 0.3 is 11.9 Å². The minimum Gasteiger partial charge on any atom is -0.481 e. The molecule has 2 aliphatic carbocycles. The number of carboxylic acids is 2. The maximum atomic E-state index is 11.1. The number of nitrogens with zero attached hydrogens (tertiary/aromatic N) is 6. The summed E-state index contributed by atoms with van der Waals surface area (Å²) >= 11 is 7.33. The van der Waals surface area contributed by atoms with Crippen LogP contribution in [0.3, 0.4) is 0 Å². The number of carboxylic acid groups (broad SMARTS) is 2. The van der Waals surface area contributed by atoms with Crippen LogP contribution in [0, 0.1) is 22.7 Å². The van der Waals surface area contributed by atoms with Crippen LogP contribution in [-0.4, -0.2) is 79.4 Å². The van der Waals surface area contributed by atoms with Crippen LogP contribution in [0.4, 0.5) is 0 Å². The highest BCUT2D eigenvalue weighted by Gasteiger charge is 2.32. The van der Waals surface area contributed by atoms with Crippen LogP contribution in [0.1, 0.15) is 95.2 Å². The van der Waals surface area contributed by atoms with E-state index in [1.165, 1.54) is 23.5 Å². The molecule has 0 saturated heterocycles. The number of aliphatic hydroxyl groups is 2. The molecular weight excluding hydrogens is 1050 g/mol. The lowest BCUT2D eigenvalue weighted by Crippen LogP contribution is -2.28. The molecule has 0 unspecified atom stereocenters. The number of carbonyl (C=O) groups is 2. The van der Waals surface area contributed by atoms with Crippen molar-refractivity contribution in [1.29, 1.82) is 10.5 Å². The normalized spacial score (nSPS) is 15.7. The second kappa shape index (κ2) is 25.4. The van der Waals surface area contributed by atoms with Crippen molar-refractivity contribution >= 4 is 50.5 Å². The van der Waals surface area contributed by atoms with Crippen molar-refractivity contribution in [2.75, 3.05) is 13.2 Å². The van der Waals surface area contributed by atoms with Gasteiger partial charge in [-0.25, -0.2) is 0 Å². The summed E-state index contributed by atoms with van der Waals surface area (Å²) in [6.45, 7) is 3.77. The van der Waals surface area contributed by atoms with Crippen molar-refractivity contribution < 1.29 is 49.0 Å². The van der Waals surface area contributed by atoms with Crippen LogP contribution in [0.15, 0.2) is 105 Å². The number of ether oxygens (including phenoxy) is 4. The summed E-state index contributed by atoms with van der Waals surface area (Å²) in [5.41, 5.74) is 9.33. The van der Waals surface area contributed by atoms with Gasteiger partial charge in [-0.3, -0.25) is 19.6 Å². The second-order valence-electron chi connectivity index (χ2n) is 17.1. The molecule has 372 valence electrons. The number of hydrogen-bond donors (Lipinski definition) is 5. The average Bonchev–Trinajstić information content (AvgIpc) is 3.97. The number of aliphatic imine (C=N–C) groups is 1. The molecule has 2 aromatic carbocycles. The lowest BCUT2D eigenvalue weighted by atomic mass is 9.91. The smallest absolute Gasteiger partial charge is 0.306 e. The van der Waals surface area contributed by atoms with E-state index in [0.29, 0.717) is 74.5 Å². The lowest BCUT2D eigenvalue weighted by molar-refractivity contribution is -0.140. The van der Waals surface area contributed by atoms with Crippen molar-refractivity contribution in [3.05, 3.63) is 144 Å². The van der Waals surface area contributed by atoms with Crippen molar-refractivity contribution in [3.63, 3.8) is 0 Å². The van der Waals surface area contributed by atoms with Crippen molar-refractivity contribution in [2.24, 2.45) is 4.99 Å². The summed E-state index contributed by atoms with van der Waals surface area (Å²) in [6, 6.07) is 22.0. The SMILES string of the molecule is C=N/C=C(C#N)\C=C\COc1nc(O[C@H]2CCc3c(-c4cccc5c4CC[C@@H]5Oc4nc(OCc5cncc(C#N)c5)c(CNC[C@@H](O)CC(=O)O)cc4Br)cccc32)c(Br)cc1CCC[C@@H](O)CC(=O)O. The summed E-state index contributed by atoms with van der Waals surface area (Å²) < 4.78 is 26.9. The van der Waals surface area contributed by atoms with E-state index >= 15 is 0 Å². The molecule has 0 aliphatic heterocycles. The minimum atomic E-state index is -1.11. The fourth-order valence-corrected chi connectivity index (χ4v) is 9.65. The largest absolute Gasteiger partial charge is 0.481 e. The summed E-state index contributed by atoms with van der Waals surface area (Å²) in [6.07, 6.45) is 8.27. The number of aliphatic carboxylic acids is 2. The van der Waals surface area contributed by atoms with Gasteiger partial charge in [0.1, 0.15) is 37.6 Å². The van der Waals surface area contributed by atoms with E-state index in [-0.39, 0.29) is 57.2 Å². The highest BCUT2D eigenvalue weighted by atomic mass is 79.9. The standard InChI is InChI=1S/C53H51Br2N7O10/c1-58-25-31(23-56)6-5-17-69-50-34(7-2-8-36(63)21-48(65)66)19-44(54)52(61-50)71-46-15-13-40-38(9-3-11-42(40)46)39-10-4-12-43-41(39)14-16-47(43)72-53-45(55)20-35(28-60-29-37(64)22-49(67)68)51(62-53)70-30-33-18-32(24-57)26-59-27-33/h3-6,9-12,18-20,25-27,36-37,46-47,60,63-64H,1-2,7-8,13-17,21-22,28-30H2,(H,65,66)(H,67,68)/b6-5+,31-25+/t36-,37+,46+,47+/m1/s1. The molecule has 0 spiro atoms. The Morgan fingerprint density at radius 3 is 2.06 bits per heavy atom. The molecule has 0 bridgehead atoms. The number of rotatable bonds is 25. The molecule has 0 radical (unpaired) electrons. The van der Waals surface area contributed by atoms with Crippen molar-refractivity contribution in [2.45, 2.75) is 95.4 Å². The fourth-order valence-electron chi connectivity index (χ4n) is 8.73. The number of aryl methyl sites for hydroxylation is 1. The number of pyridine rings is 3. The third kappa shape index (κ3) is 13.9. The zero-order chi connectivity index (χ0) is 51.1. The van der Waals surface area contributed by atoms with Crippen LogP contribution in [0.5, 0.6) is 23.5 Å². The molecule has 0 fully saturated rings. The topological polar surface area (TPSA) is 263 Å². The molecule has 0 amide bonds. The maximum absolute atomic E-state index is 11.1. The van der Waals surface area contributed by atoms with Gasteiger partial charge in [0.25, 0.3) is 0 Å². The first-order chi connectivity index (χ1) is 34.8. The van der Waals surface area contributed by atoms with Gasteiger partial charge < -0.3 is 44.7 Å². The number of hydrogen-bond acceptors (Lipinski definition) is 15. The molecule has 4 atom stereocenters. The summed E-state index contributed by atoms with van der Waals surface area (Å²) in [4.78, 5) is 39.6. The average molecular weight is 1110 g/mol. The third-order valence-corrected chi connectivity index (χ3v) is 13.1. The molecule has 2 aliphatic rings. The minimum absolute atomic E-state index is 0.0300. The molecule has 3 aromatic heterocycles. The van der Waals surface area contributed by atoms with E-state index in [1.807, 2.05) is 30.3 Å². The van der Waals surface area contributed by atoms with Crippen LogP contribution in [0.25, 0.3) is 11.1 Å². The summed E-state index contributed by atoms with van der Waals surface area (Å²) in [5, 5.41) is 60.3. The molecule has 7 rings (SSSR count). The fraction of sp³-hybridized carbons (Fsp3) is 0.321. The number of nitriles is 2. The number of halogens is 2. The van der Waals surface area contributed by atoms with Gasteiger partial charge in [0.2, 0.25) is 23.5 Å². The number of aromatic nitrogens is 3. The Hall–Kier alpha value is -7.00. The number of allylic oxidation sites excluding steroid dienone is 2. The van der Waals surface area contributed by atoms with E-state index in [0.717, 1.165) is 40.7 Å². The van der Waals surface area contributed by atoms with Gasteiger partial charge in [0.05, 0.1) is 45.1 Å². The first-order valence-corrected chi connectivity index (χ1v) is 24.7. The molecule has 3 heterocycles. The second-order valence-corrected chi connectivity index (χ2v) is 18.8. The lowest BCUT2D eigenvalue weighted by Gasteiger charge is -2.20. The number of nitrogens with one attached hydrogen (secondary N) is 1. The first-order valence-electron chi connectivity index (χ1n) is 23.1. The van der Waals surface area contributed by atoms with Gasteiger partial charge in [0.15, 0.2) is 0 Å². The van der Waals surface area contributed by atoms with Crippen molar-refractivity contribution in [1.82, 2.24) is 20.3 Å². The molecule has 17 nitrogen and oxygen atoms in total. The van der Waals surface area contributed by atoms with Crippen molar-refractivity contribution in [3.8, 4) is 46.8 Å². The third-order valence-electron chi connectivity index (χ3n) is 12.0. The van der Waals surface area contributed by atoms with E-state index in [4.69, 9.17) is 39.1 Å². The van der Waals surface area contributed by atoms with Crippen LogP contribution < -0.4 is 24.3 Å². The van der Waals surface area contributed by atoms with Gasteiger partial charge in [-0.05, 0) is 147 Å². The number of aliphatic hydroxyl groups excluding tert-OH is 2. The van der Waals surface area contributed by atoms with Gasteiger partial charge in [-0.1, -0.05) is 36.4 Å². The number of benzene rings is 2. The molecule has 0 saturated carbocycles. The zero-order valence-electron chi connectivity index (χ0n) is 39.0. The first kappa shape index (κ1) is 52.8. The highest BCUT2D eigenvalue weighted by Crippen LogP contribution is 2.46. The molecular formula is C53H51Br2N7O10. The van der Waals surface area contributed by atoms with Gasteiger partial charge in [-0.15, -0.1) is 0 Å². The molecule has 19 heteroatoms. The summed E-state index contributed by atoms with van der Waals surface area (Å²) in [5.74, 6) is -0.968. The monoisotopic (exact) mass is 1100 g/mol. The predicted molar refractivity (Wildman–Crippen MR) is 271 cm³/mol. The Bertz CT molecular complexity index is 2950. The van der Waals surface area contributed by atoms with Crippen LogP contribution in [0.2, 0.25) is 0 Å². The quantitative estimate of drug-likeness (QED) is 0.0208. The van der Waals surface area contributed by atoms with E-state index < -0.39 is 30.6 Å². The Labute approximate surface area is 432 Å². The van der Waals surface area contributed by atoms with Gasteiger partial charge in [0, 0.05) is 48.4 Å².